The Morgan fingerprint density at radius 1 is 0.421 bits per heavy atom. The zero-order valence-electron chi connectivity index (χ0n) is 38.9. The van der Waals surface area contributed by atoms with Crippen molar-refractivity contribution in [1.29, 1.82) is 0 Å². The van der Waals surface area contributed by atoms with Crippen LogP contribution < -0.4 is 0 Å². The van der Waals surface area contributed by atoms with E-state index in [1.807, 2.05) is 0 Å². The quantitative estimate of drug-likeness (QED) is 0.0452. The van der Waals surface area contributed by atoms with E-state index >= 15 is 0 Å². The van der Waals surface area contributed by atoms with E-state index in [0.717, 1.165) is 38.7 Å². The van der Waals surface area contributed by atoms with Crippen LogP contribution in [-0.2, 0) is 23.8 Å². The van der Waals surface area contributed by atoms with Gasteiger partial charge in [0.15, 0.2) is 0 Å². The molecule has 1 atom stereocenters. The van der Waals surface area contributed by atoms with Gasteiger partial charge in [0.1, 0.15) is 0 Å². The summed E-state index contributed by atoms with van der Waals surface area (Å²) in [5.74, 6) is 1.08. The number of hydrogen-bond acceptors (Lipinski definition) is 6. The molecule has 338 valence electrons. The Hall–Kier alpha value is -1.14. The van der Waals surface area contributed by atoms with Crippen molar-refractivity contribution in [2.24, 2.45) is 11.8 Å². The number of piperidine rings is 1. The molecule has 0 amide bonds. The Morgan fingerprint density at radius 3 is 1.19 bits per heavy atom. The molecule has 0 spiro atoms. The average molecular weight is 806 g/mol. The first-order valence-corrected chi connectivity index (χ1v) is 25.7. The van der Waals surface area contributed by atoms with E-state index < -0.39 is 0 Å². The van der Waals surface area contributed by atoms with Crippen LogP contribution in [0.1, 0.15) is 259 Å². The molecule has 0 radical (unpaired) electrons. The van der Waals surface area contributed by atoms with Crippen LogP contribution in [0, 0.1) is 11.8 Å². The lowest BCUT2D eigenvalue weighted by atomic mass is 9.92. The number of esters is 2. The van der Waals surface area contributed by atoms with Crippen LogP contribution in [0.4, 0.5) is 0 Å². The van der Waals surface area contributed by atoms with E-state index in [1.54, 1.807) is 0 Å². The van der Waals surface area contributed by atoms with Crippen molar-refractivity contribution in [3.05, 3.63) is 0 Å². The van der Waals surface area contributed by atoms with Crippen molar-refractivity contribution in [3.63, 3.8) is 0 Å². The summed E-state index contributed by atoms with van der Waals surface area (Å²) in [5, 5.41) is 0. The monoisotopic (exact) mass is 806 g/mol. The van der Waals surface area contributed by atoms with Crippen LogP contribution in [-0.4, -0.2) is 62.4 Å². The Balaban J connectivity index is 2.24. The minimum absolute atomic E-state index is 0.0284. The van der Waals surface area contributed by atoms with Gasteiger partial charge >= 0.3 is 11.9 Å². The van der Waals surface area contributed by atoms with E-state index in [-0.39, 0.29) is 11.9 Å². The number of likely N-dealkylation sites (tertiary alicyclic amines) is 1. The number of nitrogens with zero attached hydrogens (tertiary/aromatic N) is 1. The number of unbranched alkanes of at least 4 members (excludes halogenated alkanes) is 18. The maximum atomic E-state index is 12.6. The largest absolute Gasteiger partial charge is 0.466 e. The highest BCUT2D eigenvalue weighted by atomic mass is 16.5. The van der Waals surface area contributed by atoms with Gasteiger partial charge in [0.25, 0.3) is 0 Å². The molecule has 1 aliphatic rings. The first-order valence-electron chi connectivity index (χ1n) is 25.7. The van der Waals surface area contributed by atoms with Crippen LogP contribution in [0.15, 0.2) is 0 Å². The molecule has 0 aromatic carbocycles. The summed E-state index contributed by atoms with van der Waals surface area (Å²) in [6, 6.07) is 0. The second-order valence-corrected chi connectivity index (χ2v) is 18.1. The van der Waals surface area contributed by atoms with Crippen molar-refractivity contribution in [1.82, 2.24) is 4.90 Å². The normalized spacial score (nSPS) is 14.1. The summed E-state index contributed by atoms with van der Waals surface area (Å²) in [6.45, 7) is 14.8. The van der Waals surface area contributed by atoms with Gasteiger partial charge in [0.05, 0.1) is 19.3 Å². The first kappa shape index (κ1) is 53.9. The zero-order valence-corrected chi connectivity index (χ0v) is 38.9. The van der Waals surface area contributed by atoms with Gasteiger partial charge in [-0.1, -0.05) is 175 Å². The first-order chi connectivity index (χ1) is 28.0. The smallest absolute Gasteiger partial charge is 0.306 e. The molecule has 6 heteroatoms. The lowest BCUT2D eigenvalue weighted by Crippen LogP contribution is -2.31. The predicted molar refractivity (Wildman–Crippen MR) is 244 cm³/mol. The number of carbonyl (C=O) groups is 2. The molecule has 1 unspecified atom stereocenters. The highest BCUT2D eigenvalue weighted by molar-refractivity contribution is 5.70. The third-order valence-corrected chi connectivity index (χ3v) is 12.6. The zero-order chi connectivity index (χ0) is 41.3. The van der Waals surface area contributed by atoms with Gasteiger partial charge in [-0.3, -0.25) is 9.59 Å². The highest BCUT2D eigenvalue weighted by Crippen LogP contribution is 2.24. The molecule has 0 aliphatic carbocycles. The van der Waals surface area contributed by atoms with Crippen molar-refractivity contribution < 1.29 is 23.8 Å². The molecule has 0 bridgehead atoms. The number of carbonyl (C=O) groups excluding carboxylic acids is 2. The summed E-state index contributed by atoms with van der Waals surface area (Å²) in [4.78, 5) is 27.7. The summed E-state index contributed by atoms with van der Waals surface area (Å²) < 4.78 is 17.9. The lowest BCUT2D eigenvalue weighted by Gasteiger charge is -2.26. The van der Waals surface area contributed by atoms with Crippen LogP contribution in [0.25, 0.3) is 0 Å². The van der Waals surface area contributed by atoms with E-state index in [9.17, 15) is 9.59 Å². The van der Waals surface area contributed by atoms with Crippen LogP contribution in [0.5, 0.6) is 0 Å². The SMILES string of the molecule is CCCCCC(CCCCC)CC(=O)OCCCCCCCCCC(CCCCCCCOC(=O)CC(CCCCC)CCCCC)OCCCN1CCCCC1. The fourth-order valence-corrected chi connectivity index (χ4v) is 8.78. The molecule has 1 heterocycles. The number of rotatable bonds is 43. The molecular formula is C51H99NO5. The van der Waals surface area contributed by atoms with Gasteiger partial charge in [-0.2, -0.15) is 0 Å². The molecular weight excluding hydrogens is 707 g/mol. The molecule has 1 rings (SSSR count). The van der Waals surface area contributed by atoms with E-state index in [0.29, 0.717) is 44.0 Å². The van der Waals surface area contributed by atoms with Gasteiger partial charge in [-0.25, -0.2) is 0 Å². The second-order valence-electron chi connectivity index (χ2n) is 18.1. The van der Waals surface area contributed by atoms with E-state index in [2.05, 4.69) is 32.6 Å². The summed E-state index contributed by atoms with van der Waals surface area (Å²) in [5.41, 5.74) is 0. The molecule has 1 aliphatic heterocycles. The van der Waals surface area contributed by atoms with E-state index in [1.165, 1.54) is 206 Å². The molecule has 6 nitrogen and oxygen atoms in total. The third-order valence-electron chi connectivity index (χ3n) is 12.6. The van der Waals surface area contributed by atoms with Crippen LogP contribution in [0.2, 0.25) is 0 Å². The van der Waals surface area contributed by atoms with E-state index in [4.69, 9.17) is 14.2 Å². The summed E-state index contributed by atoms with van der Waals surface area (Å²) in [6.07, 6.45) is 43.3. The van der Waals surface area contributed by atoms with Crippen LogP contribution in [0.3, 0.4) is 0 Å². The van der Waals surface area contributed by atoms with Gasteiger partial charge < -0.3 is 19.1 Å². The minimum Gasteiger partial charge on any atom is -0.466 e. The molecule has 1 fully saturated rings. The van der Waals surface area contributed by atoms with Crippen molar-refractivity contribution in [2.75, 3.05) is 39.5 Å². The summed E-state index contributed by atoms with van der Waals surface area (Å²) >= 11 is 0. The van der Waals surface area contributed by atoms with Crippen molar-refractivity contribution in [2.45, 2.75) is 265 Å². The average Bonchev–Trinajstić information content (AvgIpc) is 3.21. The predicted octanol–water partition coefficient (Wildman–Crippen LogP) is 15.1. The molecule has 0 aromatic heterocycles. The Bertz CT molecular complexity index is 841. The Kier molecular flexibility index (Phi) is 39.3. The molecule has 0 aromatic rings. The van der Waals surface area contributed by atoms with Crippen molar-refractivity contribution in [3.8, 4) is 0 Å². The lowest BCUT2D eigenvalue weighted by molar-refractivity contribution is -0.146. The fourth-order valence-electron chi connectivity index (χ4n) is 8.78. The Labute approximate surface area is 355 Å². The standard InChI is InChI=1S/C51H99NO5/c1-5-9-22-33-47(34-23-10-6-2)45-50(53)56-42-30-19-15-13-14-17-26-37-49(55-44-32-41-52-39-28-21-29-40-52)38-27-18-16-20-31-43-57-51(54)46-48(35-24-11-7-3)36-25-12-8-4/h47-49H,5-46H2,1-4H3. The molecule has 0 N–H and O–H groups in total. The summed E-state index contributed by atoms with van der Waals surface area (Å²) in [7, 11) is 0. The van der Waals surface area contributed by atoms with Gasteiger partial charge in [-0.15, -0.1) is 0 Å². The number of ether oxygens (including phenoxy) is 3. The van der Waals surface area contributed by atoms with Gasteiger partial charge in [0, 0.05) is 26.0 Å². The fraction of sp³-hybridized carbons (Fsp3) is 0.961. The molecule has 57 heavy (non-hydrogen) atoms. The maximum Gasteiger partial charge on any atom is 0.306 e. The van der Waals surface area contributed by atoms with Crippen molar-refractivity contribution >= 4 is 11.9 Å². The second kappa shape index (κ2) is 41.6. The van der Waals surface area contributed by atoms with Crippen LogP contribution >= 0.6 is 0 Å². The molecule has 0 saturated carbocycles. The molecule has 1 saturated heterocycles. The van der Waals surface area contributed by atoms with Gasteiger partial charge in [0.2, 0.25) is 0 Å². The maximum absolute atomic E-state index is 12.6. The third kappa shape index (κ3) is 35.3. The minimum atomic E-state index is 0.0284. The Morgan fingerprint density at radius 2 is 0.789 bits per heavy atom. The van der Waals surface area contributed by atoms with Gasteiger partial charge in [-0.05, 0) is 95.6 Å². The topological polar surface area (TPSA) is 65.1 Å². The number of hydrogen-bond donors (Lipinski definition) is 0. The highest BCUT2D eigenvalue weighted by Gasteiger charge is 2.17.